The Morgan fingerprint density at radius 2 is 2.00 bits per heavy atom. The van der Waals surface area contributed by atoms with Gasteiger partial charge in [0, 0.05) is 35.9 Å². The summed E-state index contributed by atoms with van der Waals surface area (Å²) in [5.74, 6) is 1.13. The summed E-state index contributed by atoms with van der Waals surface area (Å²) >= 11 is 1.69. The number of aliphatic hydroxyl groups excluding tert-OH is 1. The van der Waals surface area contributed by atoms with Crippen LogP contribution in [-0.2, 0) is 16.0 Å². The molecule has 0 bridgehead atoms. The molecular weight excluding hydrogens is 440 g/mol. The van der Waals surface area contributed by atoms with Crippen LogP contribution in [0.2, 0.25) is 0 Å². The molecule has 2 aromatic carbocycles. The van der Waals surface area contributed by atoms with E-state index in [1.54, 1.807) is 37.1 Å². The van der Waals surface area contributed by atoms with Gasteiger partial charge in [0.1, 0.15) is 24.2 Å². The lowest BCUT2D eigenvalue weighted by Gasteiger charge is -2.29. The zero-order valence-electron chi connectivity index (χ0n) is 19.1. The van der Waals surface area contributed by atoms with Crippen LogP contribution in [0.15, 0.2) is 53.4 Å². The first-order valence-electron chi connectivity index (χ1n) is 11.1. The average molecular weight is 473 g/mol. The minimum atomic E-state index is -0.838. The van der Waals surface area contributed by atoms with Gasteiger partial charge in [-0.15, -0.1) is 11.8 Å². The van der Waals surface area contributed by atoms with E-state index in [4.69, 9.17) is 9.47 Å². The van der Waals surface area contributed by atoms with Gasteiger partial charge >= 0.3 is 0 Å². The fraction of sp³-hybridized carbons (Fsp3) is 0.440. The van der Waals surface area contributed by atoms with Crippen LogP contribution < -0.4 is 20.1 Å². The Morgan fingerprint density at radius 3 is 2.67 bits per heavy atom. The molecule has 2 aromatic rings. The maximum Gasteiger partial charge on any atom is 0.220 e. The van der Waals surface area contributed by atoms with Crippen molar-refractivity contribution in [2.24, 2.45) is 0 Å². The molecule has 0 saturated carbocycles. The van der Waals surface area contributed by atoms with E-state index >= 15 is 0 Å². The second kappa shape index (κ2) is 12.0. The second-order valence-electron chi connectivity index (χ2n) is 8.30. The van der Waals surface area contributed by atoms with Gasteiger partial charge in [-0.2, -0.15) is 0 Å². The molecule has 0 unspecified atom stereocenters. The summed E-state index contributed by atoms with van der Waals surface area (Å²) in [6, 6.07) is 15.4. The molecule has 0 aliphatic carbocycles. The van der Waals surface area contributed by atoms with Crippen LogP contribution in [0.3, 0.4) is 0 Å². The summed E-state index contributed by atoms with van der Waals surface area (Å²) in [7, 11) is 1.58. The Kier molecular flexibility index (Phi) is 9.03. The molecule has 8 heteroatoms. The average Bonchev–Trinajstić information content (AvgIpc) is 3.21. The van der Waals surface area contributed by atoms with E-state index in [-0.39, 0.29) is 31.4 Å². The number of carbonyl (C=O) groups is 2. The van der Waals surface area contributed by atoms with E-state index in [1.165, 1.54) is 4.90 Å². The molecule has 3 rings (SSSR count). The molecule has 33 heavy (non-hydrogen) atoms. The smallest absolute Gasteiger partial charge is 0.220 e. The van der Waals surface area contributed by atoms with Crippen LogP contribution in [0.1, 0.15) is 31.2 Å². The van der Waals surface area contributed by atoms with Gasteiger partial charge in [0.2, 0.25) is 11.8 Å². The molecule has 3 N–H and O–H groups in total. The molecule has 1 heterocycles. The fourth-order valence-corrected chi connectivity index (χ4v) is 4.34. The van der Waals surface area contributed by atoms with Crippen molar-refractivity contribution in [2.75, 3.05) is 26.5 Å². The molecular formula is C25H32N2O5S. The highest BCUT2D eigenvalue weighted by molar-refractivity contribution is 7.98. The predicted molar refractivity (Wildman–Crippen MR) is 129 cm³/mol. The number of amides is 2. The highest BCUT2D eigenvalue weighted by atomic mass is 32.2. The Labute approximate surface area is 199 Å². The minimum absolute atomic E-state index is 0.0289. The predicted octanol–water partition coefficient (Wildman–Crippen LogP) is 2.94. The molecule has 1 aliphatic heterocycles. The highest BCUT2D eigenvalue weighted by Crippen LogP contribution is 2.30. The molecule has 1 saturated heterocycles. The lowest BCUT2D eigenvalue weighted by atomic mass is 9.85. The number of hydrogen-bond donors (Lipinski definition) is 3. The standard InChI is InChI=1S/C25H32N2O5S/c1-31-20-4-3-5-21(14-20)32-17-19(28)16-26-23(29)10-12-25(13-11-24(30)27-25)15-18-6-8-22(33-2)9-7-18/h3-9,14,19,28H,10-13,15-17H2,1-2H3,(H,26,29)(H,27,30)/t19-,25-/m0/s1. The summed E-state index contributed by atoms with van der Waals surface area (Å²) < 4.78 is 10.7. The third kappa shape index (κ3) is 7.68. The van der Waals surface area contributed by atoms with Crippen molar-refractivity contribution in [3.8, 4) is 11.5 Å². The molecule has 0 aromatic heterocycles. The summed E-state index contributed by atoms with van der Waals surface area (Å²) in [6.07, 6.45) is 3.89. The number of benzene rings is 2. The SMILES string of the molecule is COc1cccc(OC[C@@H](O)CNC(=O)CC[C@@]2(Cc3ccc(SC)cc3)CCC(=O)N2)c1. The van der Waals surface area contributed by atoms with Crippen LogP contribution >= 0.6 is 11.8 Å². The zero-order valence-corrected chi connectivity index (χ0v) is 20.0. The Bertz CT molecular complexity index is 937. The van der Waals surface area contributed by atoms with E-state index in [9.17, 15) is 14.7 Å². The van der Waals surface area contributed by atoms with Crippen molar-refractivity contribution in [2.45, 2.75) is 48.6 Å². The summed E-state index contributed by atoms with van der Waals surface area (Å²) in [6.45, 7) is 0.151. The van der Waals surface area contributed by atoms with Crippen molar-refractivity contribution in [3.63, 3.8) is 0 Å². The number of carbonyl (C=O) groups excluding carboxylic acids is 2. The monoisotopic (exact) mass is 472 g/mol. The quantitative estimate of drug-likeness (QED) is 0.411. The third-order valence-electron chi connectivity index (χ3n) is 5.79. The molecule has 0 radical (unpaired) electrons. The summed E-state index contributed by atoms with van der Waals surface area (Å²) in [4.78, 5) is 25.6. The third-order valence-corrected chi connectivity index (χ3v) is 6.53. The molecule has 2 atom stereocenters. The number of thioether (sulfide) groups is 1. The van der Waals surface area contributed by atoms with Gasteiger partial charge in [-0.1, -0.05) is 18.2 Å². The number of aliphatic hydroxyl groups is 1. The van der Waals surface area contributed by atoms with E-state index < -0.39 is 11.6 Å². The van der Waals surface area contributed by atoms with E-state index in [1.807, 2.05) is 12.3 Å². The zero-order chi connectivity index (χ0) is 23.7. The first-order chi connectivity index (χ1) is 15.9. The van der Waals surface area contributed by atoms with Gasteiger partial charge < -0.3 is 25.2 Å². The molecule has 0 spiro atoms. The number of methoxy groups -OCH3 is 1. The van der Waals surface area contributed by atoms with Gasteiger partial charge in [0.15, 0.2) is 0 Å². The second-order valence-corrected chi connectivity index (χ2v) is 9.18. The molecule has 2 amide bonds. The van der Waals surface area contributed by atoms with Crippen LogP contribution in [0, 0.1) is 0 Å². The highest BCUT2D eigenvalue weighted by Gasteiger charge is 2.37. The van der Waals surface area contributed by atoms with E-state index in [2.05, 4.69) is 34.9 Å². The van der Waals surface area contributed by atoms with Crippen LogP contribution in [0.25, 0.3) is 0 Å². The van der Waals surface area contributed by atoms with Crippen LogP contribution in [-0.4, -0.2) is 55.1 Å². The minimum Gasteiger partial charge on any atom is -0.497 e. The largest absolute Gasteiger partial charge is 0.497 e. The topological polar surface area (TPSA) is 96.9 Å². The first kappa shape index (κ1) is 24.9. The van der Waals surface area contributed by atoms with Crippen LogP contribution in [0.5, 0.6) is 11.5 Å². The maximum atomic E-state index is 12.4. The number of hydrogen-bond acceptors (Lipinski definition) is 6. The van der Waals surface area contributed by atoms with Crippen molar-refractivity contribution >= 4 is 23.6 Å². The van der Waals surface area contributed by atoms with Gasteiger partial charge in [0.25, 0.3) is 0 Å². The van der Waals surface area contributed by atoms with E-state index in [0.29, 0.717) is 37.2 Å². The lowest BCUT2D eigenvalue weighted by Crippen LogP contribution is -2.45. The first-order valence-corrected chi connectivity index (χ1v) is 12.3. The van der Waals surface area contributed by atoms with Gasteiger partial charge in [-0.05, 0) is 55.3 Å². The normalized spacial score (nSPS) is 18.5. The van der Waals surface area contributed by atoms with Crippen molar-refractivity contribution < 1.29 is 24.2 Å². The molecule has 7 nitrogen and oxygen atoms in total. The van der Waals surface area contributed by atoms with Gasteiger partial charge in [-0.25, -0.2) is 0 Å². The summed E-state index contributed by atoms with van der Waals surface area (Å²) in [5, 5.41) is 16.0. The fourth-order valence-electron chi connectivity index (χ4n) is 3.93. The van der Waals surface area contributed by atoms with Crippen molar-refractivity contribution in [1.29, 1.82) is 0 Å². The number of rotatable bonds is 12. The van der Waals surface area contributed by atoms with Crippen molar-refractivity contribution in [3.05, 3.63) is 54.1 Å². The lowest BCUT2D eigenvalue weighted by molar-refractivity contribution is -0.123. The maximum absolute atomic E-state index is 12.4. The number of ether oxygens (including phenoxy) is 2. The molecule has 1 aliphatic rings. The van der Waals surface area contributed by atoms with Crippen molar-refractivity contribution in [1.82, 2.24) is 10.6 Å². The van der Waals surface area contributed by atoms with Crippen LogP contribution in [0.4, 0.5) is 0 Å². The van der Waals surface area contributed by atoms with Gasteiger partial charge in [-0.3, -0.25) is 9.59 Å². The Balaban J connectivity index is 1.45. The summed E-state index contributed by atoms with van der Waals surface area (Å²) in [5.41, 5.74) is 0.726. The molecule has 178 valence electrons. The van der Waals surface area contributed by atoms with Gasteiger partial charge in [0.05, 0.1) is 7.11 Å². The van der Waals surface area contributed by atoms with E-state index in [0.717, 1.165) is 5.56 Å². The number of nitrogens with one attached hydrogen (secondary N) is 2. The Hall–Kier alpha value is -2.71. The Morgan fingerprint density at radius 1 is 1.24 bits per heavy atom. The molecule has 1 fully saturated rings.